The zero-order valence-corrected chi connectivity index (χ0v) is 33.5. The first-order valence-corrected chi connectivity index (χ1v) is 20.9. The Labute approximate surface area is 357 Å². The molecule has 2 N–H and O–H groups in total. The molecule has 0 aliphatic rings. The lowest BCUT2D eigenvalue weighted by atomic mass is 9.93. The number of benzene rings is 8. The summed E-state index contributed by atoms with van der Waals surface area (Å²) in [6.07, 6.45) is 0. The number of nitrogens with zero attached hydrogens (tertiary/aromatic N) is 4. The van der Waals surface area contributed by atoms with E-state index < -0.39 is 0 Å². The van der Waals surface area contributed by atoms with E-state index in [0.29, 0.717) is 0 Å². The molecule has 0 aliphatic carbocycles. The predicted molar refractivity (Wildman–Crippen MR) is 253 cm³/mol. The Morgan fingerprint density at radius 1 is 0.355 bits per heavy atom. The minimum atomic E-state index is 0.843. The van der Waals surface area contributed by atoms with Gasteiger partial charge in [0.1, 0.15) is 11.5 Å². The largest absolute Gasteiger partial charge is 0.338 e. The number of imidazole rings is 2. The number of fused-ring (bicyclic) bond motifs is 5. The maximum absolute atomic E-state index is 5.52. The van der Waals surface area contributed by atoms with E-state index in [1.54, 1.807) is 0 Å². The maximum Gasteiger partial charge on any atom is 0.292 e. The first kappa shape index (κ1) is 35.5. The molecule has 0 unspecified atom stereocenters. The molecule has 4 aromatic heterocycles. The average molecular weight is 794 g/mol. The van der Waals surface area contributed by atoms with Crippen molar-refractivity contribution in [3.8, 4) is 73.2 Å². The topological polar surface area (TPSA) is 74.1 Å². The molecule has 0 fully saturated rings. The molecule has 12 aromatic rings. The fourth-order valence-electron chi connectivity index (χ4n) is 8.80. The number of nitrogens with one attached hydrogen (secondary N) is 2. The third-order valence-corrected chi connectivity index (χ3v) is 11.9. The molecule has 62 heavy (non-hydrogen) atoms. The minimum absolute atomic E-state index is 0.843. The second-order valence-electron chi connectivity index (χ2n) is 15.6. The van der Waals surface area contributed by atoms with Crippen LogP contribution in [0, 0.1) is 0 Å². The summed E-state index contributed by atoms with van der Waals surface area (Å²) in [7, 11) is 0. The standard InChI is InChI=1S/C56H36N6/c1-4-14-36(15-5-1)45-34-50(38-24-28-40(29-25-38)55-59-47-20-10-11-21-48(47)60-55)57-53-43(45)32-33-44-46(37-16-6-2-7-17-37)35-51(58-54(44)53)39-26-30-41(31-27-39)56-61-49-22-12-13-23-52(49)62(56)42-18-8-3-9-19-42/h1-35H,(H,57,59,60,61)/p+1. The first-order chi connectivity index (χ1) is 30.7. The van der Waals surface area contributed by atoms with E-state index >= 15 is 0 Å². The van der Waals surface area contributed by atoms with Crippen LogP contribution in [0.25, 0.3) is 117 Å². The molecule has 0 radical (unpaired) electrons. The van der Waals surface area contributed by atoms with Gasteiger partial charge >= 0.3 is 0 Å². The molecular formula is C56H37N6+. The summed E-state index contributed by atoms with van der Waals surface area (Å²) in [5, 5.41) is 2.10. The molecule has 6 nitrogen and oxygen atoms in total. The molecule has 0 aliphatic heterocycles. The number of H-pyrrole nitrogens is 2. The van der Waals surface area contributed by atoms with E-state index in [9.17, 15) is 0 Å². The summed E-state index contributed by atoms with van der Waals surface area (Å²) in [6, 6.07) is 74.4. The third-order valence-electron chi connectivity index (χ3n) is 11.9. The summed E-state index contributed by atoms with van der Waals surface area (Å²) in [6.45, 7) is 0. The summed E-state index contributed by atoms with van der Waals surface area (Å²) >= 11 is 0. The van der Waals surface area contributed by atoms with Crippen LogP contribution in [-0.4, -0.2) is 24.9 Å². The van der Waals surface area contributed by atoms with E-state index in [1.807, 2.05) is 18.2 Å². The van der Waals surface area contributed by atoms with Crippen LogP contribution in [0.5, 0.6) is 0 Å². The number of aromatic amines is 2. The van der Waals surface area contributed by atoms with Gasteiger partial charge in [-0.25, -0.2) is 19.9 Å². The number of rotatable bonds is 7. The third kappa shape index (κ3) is 6.13. The lowest BCUT2D eigenvalue weighted by Crippen LogP contribution is -2.31. The second kappa shape index (κ2) is 14.7. The fourth-order valence-corrected chi connectivity index (χ4v) is 8.80. The molecule has 8 aromatic carbocycles. The number of aromatic nitrogens is 6. The fraction of sp³-hybridized carbons (Fsp3) is 0. The van der Waals surface area contributed by atoms with Gasteiger partial charge < -0.3 is 4.98 Å². The number of pyridine rings is 2. The average Bonchev–Trinajstić information content (AvgIpc) is 3.97. The lowest BCUT2D eigenvalue weighted by molar-refractivity contribution is -0.554. The van der Waals surface area contributed by atoms with Crippen molar-refractivity contribution in [3.63, 3.8) is 0 Å². The molecule has 12 rings (SSSR count). The normalized spacial score (nSPS) is 11.5. The van der Waals surface area contributed by atoms with Crippen LogP contribution in [0.3, 0.4) is 0 Å². The van der Waals surface area contributed by atoms with E-state index in [4.69, 9.17) is 15.0 Å². The monoisotopic (exact) mass is 793 g/mol. The van der Waals surface area contributed by atoms with Crippen molar-refractivity contribution >= 4 is 43.9 Å². The summed E-state index contributed by atoms with van der Waals surface area (Å²) in [4.78, 5) is 23.0. The smallest absolute Gasteiger partial charge is 0.292 e. The van der Waals surface area contributed by atoms with Crippen LogP contribution in [0.2, 0.25) is 0 Å². The van der Waals surface area contributed by atoms with Crippen molar-refractivity contribution in [2.24, 2.45) is 0 Å². The molecule has 0 spiro atoms. The first-order valence-electron chi connectivity index (χ1n) is 20.9. The zero-order valence-electron chi connectivity index (χ0n) is 33.5. The van der Waals surface area contributed by atoms with Gasteiger partial charge in [0.25, 0.3) is 5.82 Å². The van der Waals surface area contributed by atoms with Gasteiger partial charge in [-0.05, 0) is 82.9 Å². The van der Waals surface area contributed by atoms with Crippen LogP contribution in [0.4, 0.5) is 0 Å². The summed E-state index contributed by atoms with van der Waals surface area (Å²) in [5.74, 6) is 1.86. The molecule has 0 amide bonds. The molecule has 6 heteroatoms. The van der Waals surface area contributed by atoms with Crippen molar-refractivity contribution in [1.82, 2.24) is 24.9 Å². The van der Waals surface area contributed by atoms with Gasteiger partial charge in [0.05, 0.1) is 39.0 Å². The van der Waals surface area contributed by atoms with Gasteiger partial charge in [-0.1, -0.05) is 152 Å². The maximum atomic E-state index is 5.52. The minimum Gasteiger partial charge on any atom is -0.338 e. The Kier molecular flexibility index (Phi) is 8.38. The second-order valence-corrected chi connectivity index (χ2v) is 15.6. The van der Waals surface area contributed by atoms with Crippen LogP contribution < -0.4 is 4.57 Å². The van der Waals surface area contributed by atoms with Crippen LogP contribution in [0.15, 0.2) is 212 Å². The summed E-state index contributed by atoms with van der Waals surface area (Å²) in [5.41, 5.74) is 17.3. The quantitative estimate of drug-likeness (QED) is 0.125. The van der Waals surface area contributed by atoms with E-state index in [-0.39, 0.29) is 0 Å². The molecule has 0 saturated heterocycles. The summed E-state index contributed by atoms with van der Waals surface area (Å²) < 4.78 is 2.29. The van der Waals surface area contributed by atoms with Gasteiger partial charge in [-0.2, -0.15) is 4.57 Å². The molecule has 4 heterocycles. The molecule has 290 valence electrons. The molecular weight excluding hydrogens is 757 g/mol. The van der Waals surface area contributed by atoms with Gasteiger partial charge in [-0.3, -0.25) is 0 Å². The molecule has 0 atom stereocenters. The van der Waals surface area contributed by atoms with Gasteiger partial charge in [-0.15, -0.1) is 0 Å². The van der Waals surface area contributed by atoms with Crippen LogP contribution in [0.1, 0.15) is 0 Å². The van der Waals surface area contributed by atoms with Gasteiger partial charge in [0, 0.05) is 27.5 Å². The van der Waals surface area contributed by atoms with Crippen molar-refractivity contribution in [3.05, 3.63) is 212 Å². The highest BCUT2D eigenvalue weighted by Gasteiger charge is 2.23. The van der Waals surface area contributed by atoms with Gasteiger partial charge in [0.2, 0.25) is 0 Å². The van der Waals surface area contributed by atoms with Crippen molar-refractivity contribution in [1.29, 1.82) is 0 Å². The van der Waals surface area contributed by atoms with E-state index in [2.05, 4.69) is 209 Å². The van der Waals surface area contributed by atoms with E-state index in [1.165, 1.54) is 0 Å². The Morgan fingerprint density at radius 2 is 0.839 bits per heavy atom. The molecule has 0 bridgehead atoms. The van der Waals surface area contributed by atoms with E-state index in [0.717, 1.165) is 117 Å². The lowest BCUT2D eigenvalue weighted by Gasteiger charge is -2.15. The Morgan fingerprint density at radius 3 is 1.42 bits per heavy atom. The van der Waals surface area contributed by atoms with Crippen LogP contribution in [-0.2, 0) is 0 Å². The molecule has 0 saturated carbocycles. The van der Waals surface area contributed by atoms with Crippen molar-refractivity contribution < 1.29 is 4.57 Å². The highest BCUT2D eigenvalue weighted by molar-refractivity contribution is 6.13. The van der Waals surface area contributed by atoms with Crippen molar-refractivity contribution in [2.75, 3.05) is 0 Å². The predicted octanol–water partition coefficient (Wildman–Crippen LogP) is 13.4. The van der Waals surface area contributed by atoms with Crippen LogP contribution >= 0.6 is 0 Å². The Balaban J connectivity index is 1.03. The Bertz CT molecular complexity index is 3560. The number of hydrogen-bond acceptors (Lipinski definition) is 3. The number of hydrogen-bond donors (Lipinski definition) is 2. The van der Waals surface area contributed by atoms with Crippen molar-refractivity contribution in [2.45, 2.75) is 0 Å². The number of para-hydroxylation sites is 5. The SMILES string of the molecule is c1ccc(-c2cc(-c3ccc(-c4nc5ccccc5[nH]4)cc3)nc3c2ccc2c(-c4ccccc4)cc(-c4ccc(-c5[nH]c6ccccc6[n+]5-c5ccccc5)cc4)nc23)cc1. The van der Waals surface area contributed by atoms with Gasteiger partial charge in [0.15, 0.2) is 11.0 Å². The highest BCUT2D eigenvalue weighted by Crippen LogP contribution is 2.40. The highest BCUT2D eigenvalue weighted by atomic mass is 15.1. The zero-order chi connectivity index (χ0) is 41.0. The Hall–Kier alpha value is -8.48.